The third kappa shape index (κ3) is 4.66. The number of ether oxygens (including phenoxy) is 1. The van der Waals surface area contributed by atoms with E-state index in [9.17, 15) is 0 Å². The third-order valence-corrected chi connectivity index (χ3v) is 8.34. The lowest BCUT2D eigenvalue weighted by Crippen LogP contribution is -2.37. The third-order valence-electron chi connectivity index (χ3n) is 8.34. The van der Waals surface area contributed by atoms with Gasteiger partial charge in [-0.15, -0.1) is 0 Å². The molecule has 0 radical (unpaired) electrons. The van der Waals surface area contributed by atoms with Crippen molar-refractivity contribution >= 4 is 28.0 Å². The number of hydrogen-bond acceptors (Lipinski definition) is 7. The number of imidazole rings is 2. The van der Waals surface area contributed by atoms with Crippen molar-refractivity contribution in [3.8, 4) is 5.95 Å². The number of anilines is 1. The number of fused-ring (bicyclic) bond motifs is 2. The number of morpholine rings is 1. The molecule has 0 saturated carbocycles. The summed E-state index contributed by atoms with van der Waals surface area (Å²) in [5.74, 6) is 5.20. The Kier molecular flexibility index (Phi) is 7.05. The average Bonchev–Trinajstić information content (AvgIpc) is 3.46. The van der Waals surface area contributed by atoms with Crippen molar-refractivity contribution in [3.05, 3.63) is 35.9 Å². The quantitative estimate of drug-likeness (QED) is 0.361. The molecule has 1 aromatic carbocycles. The van der Waals surface area contributed by atoms with Crippen LogP contribution in [0.15, 0.2) is 24.3 Å². The van der Waals surface area contributed by atoms with Gasteiger partial charge in [0, 0.05) is 26.6 Å². The van der Waals surface area contributed by atoms with Gasteiger partial charge in [0.25, 0.3) is 0 Å². The molecule has 0 spiro atoms. The molecule has 6 rings (SSSR count). The molecule has 9 nitrogen and oxygen atoms in total. The first-order chi connectivity index (χ1) is 18.5. The van der Waals surface area contributed by atoms with Crippen molar-refractivity contribution < 1.29 is 4.74 Å². The topological polar surface area (TPSA) is 77.1 Å². The molecule has 4 aromatic rings. The Bertz CT molecular complexity index is 1410. The summed E-state index contributed by atoms with van der Waals surface area (Å²) in [5.41, 5.74) is 3.78. The van der Waals surface area contributed by atoms with Crippen LogP contribution in [-0.2, 0) is 24.8 Å². The van der Waals surface area contributed by atoms with Gasteiger partial charge in [0.05, 0.1) is 30.8 Å². The van der Waals surface area contributed by atoms with Gasteiger partial charge in [-0.05, 0) is 56.3 Å². The van der Waals surface area contributed by atoms with E-state index in [4.69, 9.17) is 24.7 Å². The molecule has 0 atom stereocenters. The van der Waals surface area contributed by atoms with Gasteiger partial charge in [-0.1, -0.05) is 32.9 Å². The first-order valence-electron chi connectivity index (χ1n) is 14.3. The minimum absolute atomic E-state index is 0.670. The Morgan fingerprint density at radius 3 is 2.45 bits per heavy atom. The Hall–Kier alpha value is -3.04. The fourth-order valence-corrected chi connectivity index (χ4v) is 5.99. The molecule has 2 aliphatic rings. The van der Waals surface area contributed by atoms with Crippen molar-refractivity contribution in [1.29, 1.82) is 0 Å². The van der Waals surface area contributed by atoms with E-state index in [0.717, 1.165) is 97.1 Å². The van der Waals surface area contributed by atoms with Crippen LogP contribution >= 0.6 is 0 Å². The second-order valence-corrected chi connectivity index (χ2v) is 11.2. The van der Waals surface area contributed by atoms with Crippen molar-refractivity contribution in [3.63, 3.8) is 0 Å². The second kappa shape index (κ2) is 10.6. The molecule has 202 valence electrons. The zero-order chi connectivity index (χ0) is 26.2. The summed E-state index contributed by atoms with van der Waals surface area (Å²) in [4.78, 5) is 25.3. The number of aromatic nitrogens is 6. The van der Waals surface area contributed by atoms with E-state index >= 15 is 0 Å². The summed E-state index contributed by atoms with van der Waals surface area (Å²) >= 11 is 0. The molecule has 3 aromatic heterocycles. The summed E-state index contributed by atoms with van der Waals surface area (Å²) in [5, 5.41) is 0. The number of nitrogens with zero attached hydrogens (tertiary/aromatic N) is 8. The van der Waals surface area contributed by atoms with E-state index in [2.05, 4.69) is 65.0 Å². The number of likely N-dealkylation sites (tertiary alicyclic amines) is 1. The number of benzene rings is 1. The van der Waals surface area contributed by atoms with E-state index in [1.807, 2.05) is 6.07 Å². The van der Waals surface area contributed by atoms with Gasteiger partial charge < -0.3 is 14.2 Å². The van der Waals surface area contributed by atoms with E-state index in [-0.39, 0.29) is 0 Å². The molecule has 2 fully saturated rings. The van der Waals surface area contributed by atoms with Gasteiger partial charge in [-0.25, -0.2) is 9.97 Å². The molecule has 0 bridgehead atoms. The molecule has 0 amide bonds. The molecular formula is C29H40N8O. The smallest absolute Gasteiger partial charge is 0.239 e. The molecule has 38 heavy (non-hydrogen) atoms. The summed E-state index contributed by atoms with van der Waals surface area (Å²) in [6.07, 6.45) is 4.40. The summed E-state index contributed by atoms with van der Waals surface area (Å²) < 4.78 is 9.99. The number of para-hydroxylation sites is 2. The molecule has 2 aliphatic heterocycles. The largest absolute Gasteiger partial charge is 0.378 e. The molecule has 5 heterocycles. The number of aryl methyl sites for hydroxylation is 2. The Morgan fingerprint density at radius 1 is 0.947 bits per heavy atom. The van der Waals surface area contributed by atoms with E-state index in [1.54, 1.807) is 0 Å². The molecule has 0 unspecified atom stereocenters. The SMILES string of the molecule is CCCc1nc2ccccc2n1-c1nc(N2CCOCC2)c2nc(CN3CCC(C(C)C)CC3)n(C)c2n1. The molecular weight excluding hydrogens is 476 g/mol. The predicted octanol–water partition coefficient (Wildman–Crippen LogP) is 4.36. The summed E-state index contributed by atoms with van der Waals surface area (Å²) in [6.45, 7) is 13.0. The summed E-state index contributed by atoms with van der Waals surface area (Å²) in [7, 11) is 2.10. The standard InChI is InChI=1S/C29H40N8O/c1-5-8-24-30-22-9-6-7-10-23(22)37(24)29-32-27-26(28(33-29)36-15-17-38-18-16-36)31-25(34(27)4)19-35-13-11-21(12-14-35)20(2)3/h6-7,9-10,20-21H,5,8,11-19H2,1-4H3. The highest BCUT2D eigenvalue weighted by Gasteiger charge is 2.26. The van der Waals surface area contributed by atoms with Crippen molar-refractivity contribution in [2.45, 2.75) is 53.0 Å². The zero-order valence-electron chi connectivity index (χ0n) is 23.2. The highest BCUT2D eigenvalue weighted by atomic mass is 16.5. The maximum absolute atomic E-state index is 5.67. The van der Waals surface area contributed by atoms with Crippen LogP contribution in [0.3, 0.4) is 0 Å². The Balaban J connectivity index is 1.44. The van der Waals surface area contributed by atoms with Crippen LogP contribution in [0.25, 0.3) is 28.1 Å². The van der Waals surface area contributed by atoms with Gasteiger partial charge in [-0.2, -0.15) is 9.97 Å². The lowest BCUT2D eigenvalue weighted by atomic mass is 9.87. The van der Waals surface area contributed by atoms with Gasteiger partial charge >= 0.3 is 0 Å². The summed E-state index contributed by atoms with van der Waals surface area (Å²) in [6, 6.07) is 8.27. The van der Waals surface area contributed by atoms with Crippen LogP contribution < -0.4 is 4.90 Å². The minimum atomic E-state index is 0.670. The van der Waals surface area contributed by atoms with Crippen LogP contribution in [-0.4, -0.2) is 73.4 Å². The lowest BCUT2D eigenvalue weighted by molar-refractivity contribution is 0.122. The Labute approximate surface area is 224 Å². The predicted molar refractivity (Wildman–Crippen MR) is 151 cm³/mol. The Morgan fingerprint density at radius 2 is 1.71 bits per heavy atom. The maximum Gasteiger partial charge on any atom is 0.239 e. The van der Waals surface area contributed by atoms with Gasteiger partial charge in [0.2, 0.25) is 5.95 Å². The van der Waals surface area contributed by atoms with Crippen molar-refractivity contribution in [2.75, 3.05) is 44.3 Å². The van der Waals surface area contributed by atoms with Crippen LogP contribution in [0, 0.1) is 11.8 Å². The molecule has 2 saturated heterocycles. The first-order valence-corrected chi connectivity index (χ1v) is 14.3. The van der Waals surface area contributed by atoms with Gasteiger partial charge in [0.15, 0.2) is 17.0 Å². The average molecular weight is 517 g/mol. The van der Waals surface area contributed by atoms with Crippen LogP contribution in [0.1, 0.15) is 51.7 Å². The van der Waals surface area contributed by atoms with Gasteiger partial charge in [0.1, 0.15) is 11.6 Å². The van der Waals surface area contributed by atoms with Crippen LogP contribution in [0.5, 0.6) is 0 Å². The zero-order valence-corrected chi connectivity index (χ0v) is 23.2. The van der Waals surface area contributed by atoms with Crippen LogP contribution in [0.2, 0.25) is 0 Å². The van der Waals surface area contributed by atoms with Crippen LogP contribution in [0.4, 0.5) is 5.82 Å². The van der Waals surface area contributed by atoms with E-state index in [0.29, 0.717) is 19.2 Å². The van der Waals surface area contributed by atoms with E-state index in [1.165, 1.54) is 12.8 Å². The highest BCUT2D eigenvalue weighted by Crippen LogP contribution is 2.30. The fourth-order valence-electron chi connectivity index (χ4n) is 5.99. The molecule has 0 aliphatic carbocycles. The monoisotopic (exact) mass is 516 g/mol. The van der Waals surface area contributed by atoms with Crippen molar-refractivity contribution in [2.24, 2.45) is 18.9 Å². The second-order valence-electron chi connectivity index (χ2n) is 11.2. The molecule has 0 N–H and O–H groups in total. The number of hydrogen-bond donors (Lipinski definition) is 0. The molecule has 9 heteroatoms. The fraction of sp³-hybridized carbons (Fsp3) is 0.586. The minimum Gasteiger partial charge on any atom is -0.378 e. The maximum atomic E-state index is 5.67. The number of piperidine rings is 1. The van der Waals surface area contributed by atoms with Gasteiger partial charge in [-0.3, -0.25) is 9.47 Å². The normalized spacial score (nSPS) is 17.9. The first kappa shape index (κ1) is 25.2. The van der Waals surface area contributed by atoms with Crippen molar-refractivity contribution in [1.82, 2.24) is 34.0 Å². The lowest BCUT2D eigenvalue weighted by Gasteiger charge is -2.33. The number of rotatable bonds is 7. The van der Waals surface area contributed by atoms with E-state index < -0.39 is 0 Å². The highest BCUT2D eigenvalue weighted by molar-refractivity contribution is 5.86.